The van der Waals surface area contributed by atoms with Crippen LogP contribution in [0.15, 0.2) is 0 Å². The maximum atomic E-state index is 12.1. The molecule has 1 unspecified atom stereocenters. The van der Waals surface area contributed by atoms with Crippen LogP contribution in [0.3, 0.4) is 0 Å². The van der Waals surface area contributed by atoms with Crippen molar-refractivity contribution in [3.8, 4) is 0 Å². The Morgan fingerprint density at radius 2 is 1.12 bits per heavy atom. The fraction of sp³-hybridized carbons (Fsp3) is 1.00. The fourth-order valence-corrected chi connectivity index (χ4v) is 5.41. The number of nitrogens with zero attached hydrogens (tertiary/aromatic N) is 1. The first-order valence-corrected chi connectivity index (χ1v) is 14.8. The van der Waals surface area contributed by atoms with Crippen LogP contribution in [0.4, 0.5) is 0 Å². The number of piperidine rings is 1. The van der Waals surface area contributed by atoms with Crippen LogP contribution in [0.25, 0.3) is 0 Å². The van der Waals surface area contributed by atoms with Gasteiger partial charge >= 0.3 is 7.82 Å². The lowest BCUT2D eigenvalue weighted by molar-refractivity contribution is -0.896. The van der Waals surface area contributed by atoms with Gasteiger partial charge in [0.25, 0.3) is 0 Å². The monoisotopic (exact) mass is 479 g/mol. The molecule has 194 valence electrons. The number of phosphoric acid groups is 1. The van der Waals surface area contributed by atoms with E-state index in [1.54, 1.807) is 0 Å². The van der Waals surface area contributed by atoms with Crippen molar-refractivity contribution in [1.82, 2.24) is 0 Å². The molecule has 0 aromatic heterocycles. The molecule has 0 amide bonds. The van der Waals surface area contributed by atoms with Crippen molar-refractivity contribution >= 4 is 7.82 Å². The summed E-state index contributed by atoms with van der Waals surface area (Å²) in [6, 6.07) is 0. The van der Waals surface area contributed by atoms with Crippen molar-refractivity contribution in [1.29, 1.82) is 0 Å². The largest absolute Gasteiger partial charge is 0.870 e. The predicted octanol–water partition coefficient (Wildman–Crippen LogP) is 7.44. The van der Waals surface area contributed by atoms with E-state index in [4.69, 9.17) is 9.05 Å². The Labute approximate surface area is 199 Å². The van der Waals surface area contributed by atoms with Crippen LogP contribution >= 0.6 is 7.82 Å². The number of likely N-dealkylation sites (tertiary alicyclic amines) is 1. The molecule has 7 heteroatoms. The molecule has 2 N–H and O–H groups in total. The summed E-state index contributed by atoms with van der Waals surface area (Å²) in [5.41, 5.74) is 0. The third-order valence-electron chi connectivity index (χ3n) is 6.65. The first-order chi connectivity index (χ1) is 14.8. The Kier molecular flexibility index (Phi) is 19.4. The molecule has 0 aromatic rings. The number of quaternary nitrogens is 1. The highest BCUT2D eigenvalue weighted by Crippen LogP contribution is 2.46. The smallest absolute Gasteiger partial charge is 0.472 e. The molecule has 1 atom stereocenters. The molecule has 0 aliphatic carbocycles. The van der Waals surface area contributed by atoms with Gasteiger partial charge in [0.15, 0.2) is 0 Å². The minimum Gasteiger partial charge on any atom is -0.870 e. The highest BCUT2D eigenvalue weighted by molar-refractivity contribution is 7.47. The number of unbranched alkanes of at least 4 members (excludes halogenated alkanes) is 15. The van der Waals surface area contributed by atoms with Crippen molar-refractivity contribution in [2.75, 3.05) is 33.8 Å². The zero-order valence-electron chi connectivity index (χ0n) is 21.4. The highest BCUT2D eigenvalue weighted by Gasteiger charge is 2.32. The van der Waals surface area contributed by atoms with Gasteiger partial charge in [0, 0.05) is 12.8 Å². The Morgan fingerprint density at radius 1 is 0.750 bits per heavy atom. The summed E-state index contributed by atoms with van der Waals surface area (Å²) in [4.78, 5) is 9.93. The SMILES string of the molecule is CCCCCCCCCCCCCCCCCCOP(=O)(O)OC1CC[N+](C)(C)CC1.[OH-]. The molecule has 0 radical (unpaired) electrons. The van der Waals surface area contributed by atoms with Crippen LogP contribution in [0.1, 0.15) is 122 Å². The lowest BCUT2D eigenvalue weighted by Crippen LogP contribution is -2.47. The Morgan fingerprint density at radius 3 is 1.53 bits per heavy atom. The molecule has 1 rings (SSSR count). The summed E-state index contributed by atoms with van der Waals surface area (Å²) in [7, 11) is 0.467. The highest BCUT2D eigenvalue weighted by atomic mass is 31.2. The molecular formula is C25H54NO5P. The van der Waals surface area contributed by atoms with Crippen LogP contribution in [0.2, 0.25) is 0 Å². The van der Waals surface area contributed by atoms with Crippen LogP contribution in [-0.2, 0) is 13.6 Å². The van der Waals surface area contributed by atoms with E-state index in [1.165, 1.54) is 89.9 Å². The molecule has 1 aliphatic heterocycles. The number of hydrogen-bond acceptors (Lipinski definition) is 4. The molecule has 32 heavy (non-hydrogen) atoms. The molecule has 0 spiro atoms. The van der Waals surface area contributed by atoms with Gasteiger partial charge in [0.1, 0.15) is 0 Å². The number of hydrogen-bond donors (Lipinski definition) is 1. The van der Waals surface area contributed by atoms with Crippen LogP contribution in [0, 0.1) is 0 Å². The quantitative estimate of drug-likeness (QED) is 0.111. The normalized spacial score (nSPS) is 18.2. The second-order valence-corrected chi connectivity index (χ2v) is 11.7. The van der Waals surface area contributed by atoms with E-state index in [0.29, 0.717) is 6.61 Å². The Balaban J connectivity index is 0.00000961. The van der Waals surface area contributed by atoms with E-state index >= 15 is 0 Å². The van der Waals surface area contributed by atoms with Crippen molar-refractivity contribution < 1.29 is 28.5 Å². The fourth-order valence-electron chi connectivity index (χ4n) is 4.40. The summed E-state index contributed by atoms with van der Waals surface area (Å²) in [6.45, 7) is 4.55. The Bertz CT molecular complexity index is 465. The van der Waals surface area contributed by atoms with Gasteiger partial charge in [-0.25, -0.2) is 4.57 Å². The lowest BCUT2D eigenvalue weighted by atomic mass is 10.0. The van der Waals surface area contributed by atoms with E-state index in [-0.39, 0.29) is 11.6 Å². The van der Waals surface area contributed by atoms with Gasteiger partial charge < -0.3 is 14.9 Å². The van der Waals surface area contributed by atoms with Crippen molar-refractivity contribution in [2.45, 2.75) is 129 Å². The number of rotatable bonds is 20. The zero-order valence-corrected chi connectivity index (χ0v) is 22.3. The predicted molar refractivity (Wildman–Crippen MR) is 133 cm³/mol. The van der Waals surface area contributed by atoms with Crippen LogP contribution < -0.4 is 0 Å². The molecule has 1 saturated heterocycles. The second kappa shape index (κ2) is 19.3. The van der Waals surface area contributed by atoms with E-state index in [9.17, 15) is 9.46 Å². The third kappa shape index (κ3) is 18.5. The molecule has 0 aromatic carbocycles. The van der Waals surface area contributed by atoms with E-state index < -0.39 is 7.82 Å². The molecule has 1 heterocycles. The topological polar surface area (TPSA) is 85.8 Å². The Hall–Kier alpha value is 0.0300. The summed E-state index contributed by atoms with van der Waals surface area (Å²) in [6.07, 6.45) is 22.6. The minimum absolute atomic E-state index is 0. The van der Waals surface area contributed by atoms with Crippen LogP contribution in [0.5, 0.6) is 0 Å². The molecule has 1 aliphatic rings. The van der Waals surface area contributed by atoms with Gasteiger partial charge in [-0.2, -0.15) is 0 Å². The van der Waals surface area contributed by atoms with Gasteiger partial charge in [-0.15, -0.1) is 0 Å². The minimum atomic E-state index is -3.90. The molecular weight excluding hydrogens is 425 g/mol. The summed E-state index contributed by atoms with van der Waals surface area (Å²) in [5.74, 6) is 0. The number of phosphoric ester groups is 1. The van der Waals surface area contributed by atoms with Crippen molar-refractivity contribution in [3.63, 3.8) is 0 Å². The standard InChI is InChI=1S/C25H52NO4P.H2O/c1-4-5-6-7-8-9-10-11-12-13-14-15-16-17-18-19-24-29-31(27,28)30-25-20-22-26(2,3)23-21-25;/h25H,4-24H2,1-3H3;1H2. The lowest BCUT2D eigenvalue weighted by Gasteiger charge is -2.37. The maximum Gasteiger partial charge on any atom is 0.472 e. The first kappa shape index (κ1) is 32.0. The van der Waals surface area contributed by atoms with Crippen molar-refractivity contribution in [3.05, 3.63) is 0 Å². The van der Waals surface area contributed by atoms with Gasteiger partial charge in [-0.3, -0.25) is 9.05 Å². The average molecular weight is 480 g/mol. The van der Waals surface area contributed by atoms with Gasteiger partial charge in [0.05, 0.1) is 39.9 Å². The van der Waals surface area contributed by atoms with Gasteiger partial charge in [-0.1, -0.05) is 103 Å². The molecule has 6 nitrogen and oxygen atoms in total. The van der Waals surface area contributed by atoms with Crippen LogP contribution in [-0.4, -0.2) is 54.7 Å². The maximum absolute atomic E-state index is 12.1. The first-order valence-electron chi connectivity index (χ1n) is 13.3. The summed E-state index contributed by atoms with van der Waals surface area (Å²) >= 11 is 0. The second-order valence-electron chi connectivity index (χ2n) is 10.3. The average Bonchev–Trinajstić information content (AvgIpc) is 2.72. The van der Waals surface area contributed by atoms with E-state index in [1.807, 2.05) is 0 Å². The third-order valence-corrected chi connectivity index (χ3v) is 7.72. The van der Waals surface area contributed by atoms with E-state index in [0.717, 1.165) is 43.3 Å². The molecule has 0 saturated carbocycles. The summed E-state index contributed by atoms with van der Waals surface area (Å²) < 4.78 is 23.6. The van der Waals surface area contributed by atoms with Gasteiger partial charge in [0.2, 0.25) is 0 Å². The molecule has 1 fully saturated rings. The van der Waals surface area contributed by atoms with Crippen molar-refractivity contribution in [2.24, 2.45) is 0 Å². The molecule has 0 bridgehead atoms. The van der Waals surface area contributed by atoms with Gasteiger partial charge in [-0.05, 0) is 6.42 Å². The zero-order chi connectivity index (χ0) is 22.8. The summed E-state index contributed by atoms with van der Waals surface area (Å²) in [5, 5.41) is 0. The van der Waals surface area contributed by atoms with E-state index in [2.05, 4.69) is 21.0 Å².